The summed E-state index contributed by atoms with van der Waals surface area (Å²) >= 11 is 0. The van der Waals surface area contributed by atoms with E-state index in [0.717, 1.165) is 13.1 Å². The molecule has 1 aromatic carbocycles. The number of methoxy groups -OCH3 is 1. The minimum atomic E-state index is -0.626. The van der Waals surface area contributed by atoms with Gasteiger partial charge in [-0.05, 0) is 6.42 Å². The smallest absolute Gasteiger partial charge is 0.134 e. The molecule has 0 bridgehead atoms. The molecule has 1 aromatic rings. The quantitative estimate of drug-likeness (QED) is 0.856. The molecule has 0 amide bonds. The molecule has 4 nitrogen and oxygen atoms in total. The second-order valence-electron chi connectivity index (χ2n) is 4.82. The van der Waals surface area contributed by atoms with Crippen LogP contribution >= 0.6 is 0 Å². The zero-order valence-electron chi connectivity index (χ0n) is 11.5. The summed E-state index contributed by atoms with van der Waals surface area (Å²) in [7, 11) is 1.37. The lowest BCUT2D eigenvalue weighted by atomic mass is 10.00. The summed E-state index contributed by atoms with van der Waals surface area (Å²) in [5.74, 6) is -1.09. The van der Waals surface area contributed by atoms with Gasteiger partial charge in [-0.15, -0.1) is 0 Å². The molecule has 1 aliphatic heterocycles. The first-order valence-electron chi connectivity index (χ1n) is 6.76. The second-order valence-corrected chi connectivity index (χ2v) is 4.82. The van der Waals surface area contributed by atoms with Crippen LogP contribution in [0.1, 0.15) is 18.0 Å². The van der Waals surface area contributed by atoms with Crippen LogP contribution in [0.4, 0.5) is 8.78 Å². The van der Waals surface area contributed by atoms with E-state index in [-0.39, 0.29) is 17.9 Å². The van der Waals surface area contributed by atoms with Crippen molar-refractivity contribution < 1.29 is 18.6 Å². The van der Waals surface area contributed by atoms with Crippen LogP contribution in [-0.2, 0) is 0 Å². The SMILES string of the molecule is COc1cc(F)c([C@@H](CCO)N2CCNCC2)c(F)c1. The molecule has 0 spiro atoms. The third kappa shape index (κ3) is 3.26. The van der Waals surface area contributed by atoms with E-state index in [2.05, 4.69) is 5.32 Å². The third-order valence-corrected chi connectivity index (χ3v) is 3.62. The molecule has 1 atom stereocenters. The van der Waals surface area contributed by atoms with Crippen LogP contribution in [0, 0.1) is 11.6 Å². The Morgan fingerprint density at radius 2 is 1.90 bits per heavy atom. The number of aliphatic hydroxyl groups is 1. The van der Waals surface area contributed by atoms with E-state index in [1.165, 1.54) is 19.2 Å². The van der Waals surface area contributed by atoms with Crippen molar-refractivity contribution in [2.45, 2.75) is 12.5 Å². The number of aliphatic hydroxyl groups excluding tert-OH is 1. The van der Waals surface area contributed by atoms with Gasteiger partial charge < -0.3 is 15.2 Å². The molecule has 6 heteroatoms. The van der Waals surface area contributed by atoms with Gasteiger partial charge in [-0.2, -0.15) is 0 Å². The highest BCUT2D eigenvalue weighted by Gasteiger charge is 2.27. The molecule has 1 aliphatic rings. The number of nitrogens with zero attached hydrogens (tertiary/aromatic N) is 1. The lowest BCUT2D eigenvalue weighted by Gasteiger charge is -2.35. The van der Waals surface area contributed by atoms with E-state index in [9.17, 15) is 13.9 Å². The van der Waals surface area contributed by atoms with Crippen molar-refractivity contribution in [1.82, 2.24) is 10.2 Å². The zero-order valence-corrected chi connectivity index (χ0v) is 11.5. The van der Waals surface area contributed by atoms with Crippen molar-refractivity contribution in [3.8, 4) is 5.75 Å². The Balaban J connectivity index is 2.33. The fraction of sp³-hybridized carbons (Fsp3) is 0.571. The highest BCUT2D eigenvalue weighted by molar-refractivity contribution is 5.32. The first-order chi connectivity index (χ1) is 9.67. The number of ether oxygens (including phenoxy) is 1. The highest BCUT2D eigenvalue weighted by atomic mass is 19.1. The molecular formula is C14H20F2N2O2. The summed E-state index contributed by atoms with van der Waals surface area (Å²) in [4.78, 5) is 2.00. The van der Waals surface area contributed by atoms with Crippen LogP contribution in [0.5, 0.6) is 5.75 Å². The molecule has 1 saturated heterocycles. The maximum atomic E-state index is 14.2. The molecule has 0 aromatic heterocycles. The molecule has 2 rings (SSSR count). The summed E-state index contributed by atoms with van der Waals surface area (Å²) in [6, 6.07) is 1.92. The predicted octanol–water partition coefficient (Wildman–Crippen LogP) is 1.30. The van der Waals surface area contributed by atoms with Crippen molar-refractivity contribution in [3.05, 3.63) is 29.3 Å². The number of rotatable bonds is 5. The van der Waals surface area contributed by atoms with E-state index in [0.29, 0.717) is 19.5 Å². The Labute approximate surface area is 117 Å². The summed E-state index contributed by atoms with van der Waals surface area (Å²) in [5.41, 5.74) is 0.0155. The topological polar surface area (TPSA) is 44.7 Å². The van der Waals surface area contributed by atoms with Crippen LogP contribution in [0.2, 0.25) is 0 Å². The summed E-state index contributed by atoms with van der Waals surface area (Å²) < 4.78 is 33.2. The van der Waals surface area contributed by atoms with Crippen molar-refractivity contribution in [3.63, 3.8) is 0 Å². The molecule has 1 heterocycles. The van der Waals surface area contributed by atoms with E-state index < -0.39 is 17.7 Å². The van der Waals surface area contributed by atoms with Crippen LogP contribution < -0.4 is 10.1 Å². The van der Waals surface area contributed by atoms with Crippen molar-refractivity contribution in [1.29, 1.82) is 0 Å². The van der Waals surface area contributed by atoms with Gasteiger partial charge >= 0.3 is 0 Å². The van der Waals surface area contributed by atoms with Gasteiger partial charge in [0.15, 0.2) is 0 Å². The molecule has 0 saturated carbocycles. The van der Waals surface area contributed by atoms with Gasteiger partial charge in [-0.1, -0.05) is 0 Å². The molecule has 0 radical (unpaired) electrons. The van der Waals surface area contributed by atoms with Crippen molar-refractivity contribution >= 4 is 0 Å². The monoisotopic (exact) mass is 286 g/mol. The fourth-order valence-corrected chi connectivity index (χ4v) is 2.62. The minimum absolute atomic E-state index is 0.0155. The van der Waals surface area contributed by atoms with Crippen LogP contribution in [0.3, 0.4) is 0 Å². The second kappa shape index (κ2) is 6.97. The molecule has 112 valence electrons. The lowest BCUT2D eigenvalue weighted by Crippen LogP contribution is -2.45. The van der Waals surface area contributed by atoms with Gasteiger partial charge in [0.2, 0.25) is 0 Å². The number of hydrogen-bond donors (Lipinski definition) is 2. The van der Waals surface area contributed by atoms with Gasteiger partial charge in [0.1, 0.15) is 17.4 Å². The third-order valence-electron chi connectivity index (χ3n) is 3.62. The first kappa shape index (κ1) is 15.2. The number of halogens is 2. The number of piperazine rings is 1. The predicted molar refractivity (Wildman–Crippen MR) is 71.8 cm³/mol. The van der Waals surface area contributed by atoms with Gasteiger partial charge in [-0.25, -0.2) is 8.78 Å². The normalized spacial score (nSPS) is 18.0. The number of benzene rings is 1. The van der Waals surface area contributed by atoms with Gasteiger partial charge in [0.25, 0.3) is 0 Å². The largest absolute Gasteiger partial charge is 0.497 e. The van der Waals surface area contributed by atoms with E-state index >= 15 is 0 Å². The summed E-state index contributed by atoms with van der Waals surface area (Å²) in [6.45, 7) is 2.85. The molecule has 20 heavy (non-hydrogen) atoms. The maximum Gasteiger partial charge on any atom is 0.134 e. The van der Waals surface area contributed by atoms with Crippen LogP contribution in [0.15, 0.2) is 12.1 Å². The molecule has 2 N–H and O–H groups in total. The van der Waals surface area contributed by atoms with Crippen LogP contribution in [0.25, 0.3) is 0 Å². The summed E-state index contributed by atoms with van der Waals surface area (Å²) in [5, 5.41) is 12.4. The standard InChI is InChI=1S/C14H20F2N2O2/c1-20-10-8-11(15)14(12(16)9-10)13(2-7-19)18-5-3-17-4-6-18/h8-9,13,17,19H,2-7H2,1H3/t13-/m1/s1. The Morgan fingerprint density at radius 1 is 1.30 bits per heavy atom. The zero-order chi connectivity index (χ0) is 14.5. The summed E-state index contributed by atoms with van der Waals surface area (Å²) in [6.07, 6.45) is 0.306. The van der Waals surface area contributed by atoms with Gasteiger partial charge in [0.05, 0.1) is 7.11 Å². The fourth-order valence-electron chi connectivity index (χ4n) is 2.62. The van der Waals surface area contributed by atoms with Crippen molar-refractivity contribution in [2.24, 2.45) is 0 Å². The minimum Gasteiger partial charge on any atom is -0.497 e. The molecular weight excluding hydrogens is 266 g/mol. The Morgan fingerprint density at radius 3 is 2.40 bits per heavy atom. The Hall–Kier alpha value is -1.24. The lowest BCUT2D eigenvalue weighted by molar-refractivity contribution is 0.135. The van der Waals surface area contributed by atoms with E-state index in [4.69, 9.17) is 4.74 Å². The molecule has 0 aliphatic carbocycles. The number of hydrogen-bond acceptors (Lipinski definition) is 4. The molecule has 0 unspecified atom stereocenters. The van der Waals surface area contributed by atoms with E-state index in [1.54, 1.807) is 0 Å². The highest BCUT2D eigenvalue weighted by Crippen LogP contribution is 2.31. The van der Waals surface area contributed by atoms with Crippen molar-refractivity contribution in [2.75, 3.05) is 39.9 Å². The first-order valence-corrected chi connectivity index (χ1v) is 6.76. The molecule has 1 fully saturated rings. The Kier molecular flexibility index (Phi) is 5.28. The average molecular weight is 286 g/mol. The average Bonchev–Trinajstić information content (AvgIpc) is 2.46. The van der Waals surface area contributed by atoms with Gasteiger partial charge in [-0.3, -0.25) is 4.90 Å². The van der Waals surface area contributed by atoms with Crippen LogP contribution in [-0.4, -0.2) is 49.9 Å². The maximum absolute atomic E-state index is 14.2. The number of nitrogens with one attached hydrogen (secondary N) is 1. The Bertz CT molecular complexity index is 428. The van der Waals surface area contributed by atoms with E-state index in [1.807, 2.05) is 4.90 Å². The van der Waals surface area contributed by atoms with Gasteiger partial charge in [0, 0.05) is 56.5 Å².